The van der Waals surface area contributed by atoms with E-state index in [1.54, 1.807) is 11.3 Å². The van der Waals surface area contributed by atoms with Crippen LogP contribution in [0.15, 0.2) is 12.1 Å². The summed E-state index contributed by atoms with van der Waals surface area (Å²) in [6, 6.07) is 4.76. The van der Waals surface area contributed by atoms with E-state index < -0.39 is 0 Å². The zero-order valence-corrected chi connectivity index (χ0v) is 12.9. The van der Waals surface area contributed by atoms with Gasteiger partial charge in [0.2, 0.25) is 5.91 Å². The normalized spacial score (nSPS) is 24.2. The maximum absolute atomic E-state index is 12.4. The lowest BCUT2D eigenvalue weighted by atomic mass is 10.2. The lowest BCUT2D eigenvalue weighted by Crippen LogP contribution is -2.49. The SMILES string of the molecule is Cc1ccc(CC(=O)N2CCC(N3CCNCC3)C2)s1. The van der Waals surface area contributed by atoms with E-state index in [0.717, 1.165) is 45.7 Å². The Morgan fingerprint density at radius 3 is 2.85 bits per heavy atom. The second kappa shape index (κ2) is 6.24. The molecule has 2 aliphatic heterocycles. The standard InChI is InChI=1S/C15H23N3OS/c1-12-2-3-14(20-12)10-15(19)18-7-4-13(11-18)17-8-5-16-6-9-17/h2-3,13,16H,4-11H2,1H3. The van der Waals surface area contributed by atoms with E-state index >= 15 is 0 Å². The molecule has 0 saturated carbocycles. The number of aryl methyl sites for hydroxylation is 1. The molecule has 0 radical (unpaired) electrons. The Bertz CT molecular complexity index is 467. The molecule has 1 N–H and O–H groups in total. The van der Waals surface area contributed by atoms with E-state index in [-0.39, 0.29) is 0 Å². The number of carbonyl (C=O) groups excluding carboxylic acids is 1. The maximum atomic E-state index is 12.4. The minimum atomic E-state index is 0.296. The fraction of sp³-hybridized carbons (Fsp3) is 0.667. The van der Waals surface area contributed by atoms with Crippen molar-refractivity contribution in [2.45, 2.75) is 25.8 Å². The van der Waals surface area contributed by atoms with Crippen molar-refractivity contribution in [3.05, 3.63) is 21.9 Å². The first kappa shape index (κ1) is 14.0. The summed E-state index contributed by atoms with van der Waals surface area (Å²) >= 11 is 1.74. The summed E-state index contributed by atoms with van der Waals surface area (Å²) < 4.78 is 0. The number of nitrogens with zero attached hydrogens (tertiary/aromatic N) is 2. The molecule has 110 valence electrons. The Labute approximate surface area is 124 Å². The van der Waals surface area contributed by atoms with Crippen LogP contribution in [0.5, 0.6) is 0 Å². The summed E-state index contributed by atoms with van der Waals surface area (Å²) in [5.74, 6) is 0.296. The molecule has 2 saturated heterocycles. The number of rotatable bonds is 3. The van der Waals surface area contributed by atoms with Gasteiger partial charge in [-0.3, -0.25) is 9.69 Å². The highest BCUT2D eigenvalue weighted by Crippen LogP contribution is 2.20. The predicted molar refractivity (Wildman–Crippen MR) is 82.2 cm³/mol. The maximum Gasteiger partial charge on any atom is 0.227 e. The highest BCUT2D eigenvalue weighted by Gasteiger charge is 2.30. The van der Waals surface area contributed by atoms with Gasteiger partial charge in [-0.15, -0.1) is 11.3 Å². The monoisotopic (exact) mass is 293 g/mol. The summed E-state index contributed by atoms with van der Waals surface area (Å²) in [4.78, 5) is 19.4. The summed E-state index contributed by atoms with van der Waals surface area (Å²) in [5, 5.41) is 3.39. The molecule has 0 spiro atoms. The molecular formula is C15H23N3OS. The highest BCUT2D eigenvalue weighted by atomic mass is 32.1. The number of likely N-dealkylation sites (tertiary alicyclic amines) is 1. The van der Waals surface area contributed by atoms with Crippen molar-refractivity contribution in [3.8, 4) is 0 Å². The summed E-state index contributed by atoms with van der Waals surface area (Å²) in [7, 11) is 0. The second-order valence-electron chi connectivity index (χ2n) is 5.76. The zero-order chi connectivity index (χ0) is 13.9. The highest BCUT2D eigenvalue weighted by molar-refractivity contribution is 7.12. The number of carbonyl (C=O) groups is 1. The number of hydrogen-bond acceptors (Lipinski definition) is 4. The van der Waals surface area contributed by atoms with Gasteiger partial charge in [-0.1, -0.05) is 0 Å². The van der Waals surface area contributed by atoms with E-state index in [1.807, 2.05) is 0 Å². The number of nitrogens with one attached hydrogen (secondary N) is 1. The average Bonchev–Trinajstić information content (AvgIpc) is 3.09. The van der Waals surface area contributed by atoms with Crippen LogP contribution in [0, 0.1) is 6.92 Å². The van der Waals surface area contributed by atoms with Gasteiger partial charge in [0.15, 0.2) is 0 Å². The zero-order valence-electron chi connectivity index (χ0n) is 12.1. The number of thiophene rings is 1. The molecule has 5 heteroatoms. The van der Waals surface area contributed by atoms with Crippen LogP contribution in [0.3, 0.4) is 0 Å². The van der Waals surface area contributed by atoms with Gasteiger partial charge in [0.1, 0.15) is 0 Å². The molecule has 0 aromatic carbocycles. The number of piperazine rings is 1. The third-order valence-corrected chi connectivity index (χ3v) is 5.31. The Morgan fingerprint density at radius 2 is 2.15 bits per heavy atom. The molecule has 2 fully saturated rings. The van der Waals surface area contributed by atoms with Crippen LogP contribution in [0.2, 0.25) is 0 Å². The van der Waals surface area contributed by atoms with E-state index in [2.05, 4.69) is 34.2 Å². The third kappa shape index (κ3) is 3.22. The van der Waals surface area contributed by atoms with Crippen molar-refractivity contribution in [2.75, 3.05) is 39.3 Å². The second-order valence-corrected chi connectivity index (χ2v) is 7.13. The first-order valence-electron chi connectivity index (χ1n) is 7.50. The van der Waals surface area contributed by atoms with Gasteiger partial charge < -0.3 is 10.2 Å². The molecule has 4 nitrogen and oxygen atoms in total. The largest absolute Gasteiger partial charge is 0.341 e. The first-order valence-corrected chi connectivity index (χ1v) is 8.32. The van der Waals surface area contributed by atoms with E-state index in [4.69, 9.17) is 0 Å². The van der Waals surface area contributed by atoms with Crippen molar-refractivity contribution in [2.24, 2.45) is 0 Å². The van der Waals surface area contributed by atoms with Gasteiger partial charge in [0.05, 0.1) is 6.42 Å². The average molecular weight is 293 g/mol. The quantitative estimate of drug-likeness (QED) is 0.907. The van der Waals surface area contributed by atoms with Crippen molar-refractivity contribution in [1.29, 1.82) is 0 Å². The Balaban J connectivity index is 1.52. The van der Waals surface area contributed by atoms with Crippen LogP contribution < -0.4 is 5.32 Å². The van der Waals surface area contributed by atoms with Gasteiger partial charge >= 0.3 is 0 Å². The van der Waals surface area contributed by atoms with Crippen LogP contribution in [0.4, 0.5) is 0 Å². The molecule has 1 aromatic heterocycles. The Morgan fingerprint density at radius 1 is 1.35 bits per heavy atom. The van der Waals surface area contributed by atoms with Crippen LogP contribution in [-0.4, -0.2) is 61.0 Å². The molecule has 2 aliphatic rings. The molecule has 3 heterocycles. The molecular weight excluding hydrogens is 270 g/mol. The van der Waals surface area contributed by atoms with E-state index in [1.165, 1.54) is 9.75 Å². The van der Waals surface area contributed by atoms with Crippen LogP contribution in [0.1, 0.15) is 16.2 Å². The van der Waals surface area contributed by atoms with Crippen molar-refractivity contribution >= 4 is 17.2 Å². The fourth-order valence-electron chi connectivity index (χ4n) is 3.15. The third-order valence-electron chi connectivity index (χ3n) is 4.31. The van der Waals surface area contributed by atoms with Crippen molar-refractivity contribution in [1.82, 2.24) is 15.1 Å². The van der Waals surface area contributed by atoms with E-state index in [9.17, 15) is 4.79 Å². The van der Waals surface area contributed by atoms with Crippen LogP contribution in [0.25, 0.3) is 0 Å². The van der Waals surface area contributed by atoms with Gasteiger partial charge in [0, 0.05) is 55.1 Å². The van der Waals surface area contributed by atoms with Gasteiger partial charge in [-0.05, 0) is 25.5 Å². The van der Waals surface area contributed by atoms with Crippen LogP contribution >= 0.6 is 11.3 Å². The molecule has 1 unspecified atom stereocenters. The molecule has 0 aliphatic carbocycles. The summed E-state index contributed by atoms with van der Waals surface area (Å²) in [5.41, 5.74) is 0. The lowest BCUT2D eigenvalue weighted by Gasteiger charge is -2.32. The molecule has 1 aromatic rings. The molecule has 1 atom stereocenters. The minimum absolute atomic E-state index is 0.296. The Hall–Kier alpha value is -0.910. The molecule has 3 rings (SSSR count). The van der Waals surface area contributed by atoms with Gasteiger partial charge in [0.25, 0.3) is 0 Å². The van der Waals surface area contributed by atoms with Gasteiger partial charge in [-0.2, -0.15) is 0 Å². The number of amides is 1. The minimum Gasteiger partial charge on any atom is -0.341 e. The smallest absolute Gasteiger partial charge is 0.227 e. The van der Waals surface area contributed by atoms with Crippen molar-refractivity contribution < 1.29 is 4.79 Å². The van der Waals surface area contributed by atoms with Gasteiger partial charge in [-0.25, -0.2) is 0 Å². The summed E-state index contributed by atoms with van der Waals surface area (Å²) in [6.45, 7) is 8.35. The van der Waals surface area contributed by atoms with E-state index in [0.29, 0.717) is 18.4 Å². The molecule has 1 amide bonds. The topological polar surface area (TPSA) is 35.6 Å². The fourth-order valence-corrected chi connectivity index (χ4v) is 4.04. The lowest BCUT2D eigenvalue weighted by molar-refractivity contribution is -0.129. The first-order chi connectivity index (χ1) is 9.72. The Kier molecular flexibility index (Phi) is 4.38. The molecule has 20 heavy (non-hydrogen) atoms. The number of hydrogen-bond donors (Lipinski definition) is 1. The van der Waals surface area contributed by atoms with Crippen molar-refractivity contribution in [3.63, 3.8) is 0 Å². The van der Waals surface area contributed by atoms with Crippen LogP contribution in [-0.2, 0) is 11.2 Å². The molecule has 0 bridgehead atoms. The summed E-state index contributed by atoms with van der Waals surface area (Å²) in [6.07, 6.45) is 1.71. The predicted octanol–water partition coefficient (Wildman–Crippen LogP) is 1.11.